The Kier molecular flexibility index (Phi) is 4.50. The van der Waals surface area contributed by atoms with Gasteiger partial charge in [0.25, 0.3) is 0 Å². The van der Waals surface area contributed by atoms with Crippen LogP contribution >= 0.6 is 22.9 Å². The van der Waals surface area contributed by atoms with Crippen LogP contribution in [0.2, 0.25) is 4.34 Å². The van der Waals surface area contributed by atoms with E-state index >= 15 is 0 Å². The molecule has 0 radical (unpaired) electrons. The Balaban J connectivity index is 1.61. The lowest BCUT2D eigenvalue weighted by Gasteiger charge is -2.05. The maximum atomic E-state index is 12.0. The number of aromatic nitrogens is 3. The first-order chi connectivity index (χ1) is 11.1. The van der Waals surface area contributed by atoms with Gasteiger partial charge in [-0.2, -0.15) is 5.10 Å². The van der Waals surface area contributed by atoms with Gasteiger partial charge in [0.05, 0.1) is 20.5 Å². The molecule has 0 aliphatic carbocycles. The number of benzene rings is 1. The Labute approximate surface area is 140 Å². The summed E-state index contributed by atoms with van der Waals surface area (Å²) in [5, 5.41) is 3.99. The van der Waals surface area contributed by atoms with Crippen LogP contribution < -0.4 is 0 Å². The zero-order valence-electron chi connectivity index (χ0n) is 11.7. The van der Waals surface area contributed by atoms with Crippen LogP contribution in [0.4, 0.5) is 0 Å². The molecule has 0 saturated heterocycles. The lowest BCUT2D eigenvalue weighted by molar-refractivity contribution is 0.0476. The number of hydrogen-bond acceptors (Lipinski definition) is 6. The number of rotatable bonds is 5. The van der Waals surface area contributed by atoms with Gasteiger partial charge in [-0.1, -0.05) is 11.6 Å². The second-order valence-electron chi connectivity index (χ2n) is 4.49. The molecular formula is C15H10ClN3O3S. The van der Waals surface area contributed by atoms with Crippen molar-refractivity contribution in [1.82, 2.24) is 14.8 Å². The average molecular weight is 348 g/mol. The summed E-state index contributed by atoms with van der Waals surface area (Å²) in [4.78, 5) is 28.1. The van der Waals surface area contributed by atoms with Gasteiger partial charge in [0.2, 0.25) is 5.78 Å². The van der Waals surface area contributed by atoms with Crippen LogP contribution in [0.25, 0.3) is 5.69 Å². The minimum Gasteiger partial charge on any atom is -0.454 e. The van der Waals surface area contributed by atoms with E-state index in [1.807, 2.05) is 0 Å². The molecule has 0 N–H and O–H groups in total. The highest BCUT2D eigenvalue weighted by molar-refractivity contribution is 7.18. The molecule has 2 aromatic heterocycles. The Morgan fingerprint density at radius 3 is 2.57 bits per heavy atom. The van der Waals surface area contributed by atoms with Gasteiger partial charge >= 0.3 is 5.97 Å². The van der Waals surface area contributed by atoms with Crippen LogP contribution in [0.3, 0.4) is 0 Å². The number of ether oxygens (including phenoxy) is 1. The fraction of sp³-hybridized carbons (Fsp3) is 0.0667. The Morgan fingerprint density at radius 1 is 1.17 bits per heavy atom. The van der Waals surface area contributed by atoms with Crippen LogP contribution in [-0.2, 0) is 4.74 Å². The Bertz CT molecular complexity index is 828. The van der Waals surface area contributed by atoms with E-state index in [-0.39, 0.29) is 12.4 Å². The third-order valence-electron chi connectivity index (χ3n) is 2.97. The van der Waals surface area contributed by atoms with Gasteiger partial charge in [-0.3, -0.25) is 4.79 Å². The van der Waals surface area contributed by atoms with Gasteiger partial charge in [0.15, 0.2) is 6.61 Å². The smallest absolute Gasteiger partial charge is 0.338 e. The van der Waals surface area contributed by atoms with Crippen LogP contribution in [0.15, 0.2) is 49.1 Å². The molecule has 0 spiro atoms. The fourth-order valence-electron chi connectivity index (χ4n) is 1.84. The van der Waals surface area contributed by atoms with Gasteiger partial charge in [-0.15, -0.1) is 11.3 Å². The maximum absolute atomic E-state index is 12.0. The van der Waals surface area contributed by atoms with Crippen molar-refractivity contribution < 1.29 is 14.3 Å². The van der Waals surface area contributed by atoms with E-state index in [2.05, 4.69) is 10.1 Å². The molecule has 2 heterocycles. The summed E-state index contributed by atoms with van der Waals surface area (Å²) in [6, 6.07) is 9.87. The van der Waals surface area contributed by atoms with Gasteiger partial charge in [-0.05, 0) is 36.4 Å². The van der Waals surface area contributed by atoms with Crippen LogP contribution in [-0.4, -0.2) is 33.1 Å². The standard InChI is InChI=1S/C15H10ClN3O3S/c16-14-6-5-13(23-14)12(20)7-22-15(21)10-1-3-11(4-2-10)19-9-17-8-18-19/h1-6,8-9H,7H2. The summed E-state index contributed by atoms with van der Waals surface area (Å²) in [6.45, 7) is -0.319. The Morgan fingerprint density at radius 2 is 1.96 bits per heavy atom. The number of thiophene rings is 1. The van der Waals surface area contributed by atoms with Crippen LogP contribution in [0.5, 0.6) is 0 Å². The lowest BCUT2D eigenvalue weighted by atomic mass is 10.2. The van der Waals surface area contributed by atoms with Crippen LogP contribution in [0, 0.1) is 0 Å². The third-order valence-corrected chi connectivity index (χ3v) is 4.24. The molecule has 6 nitrogen and oxygen atoms in total. The second-order valence-corrected chi connectivity index (χ2v) is 6.21. The van der Waals surface area contributed by atoms with E-state index in [0.717, 1.165) is 17.0 Å². The molecule has 116 valence electrons. The number of hydrogen-bond donors (Lipinski definition) is 0. The Hall–Kier alpha value is -2.51. The molecule has 3 rings (SSSR count). The zero-order valence-corrected chi connectivity index (χ0v) is 13.3. The van der Waals surface area contributed by atoms with Crippen molar-refractivity contribution in [3.05, 3.63) is 63.8 Å². The van der Waals surface area contributed by atoms with Gasteiger partial charge in [-0.25, -0.2) is 14.5 Å². The summed E-state index contributed by atoms with van der Waals surface area (Å²) in [7, 11) is 0. The third kappa shape index (κ3) is 3.64. The SMILES string of the molecule is O=C(OCC(=O)c1ccc(Cl)s1)c1ccc(-n2cncn2)cc1. The minimum atomic E-state index is -0.564. The number of Topliss-reactive ketones (excluding diaryl/α,β-unsaturated/α-hetero) is 1. The molecule has 0 fully saturated rings. The molecular weight excluding hydrogens is 338 g/mol. The number of esters is 1. The fourth-order valence-corrected chi connectivity index (χ4v) is 2.81. The molecule has 0 unspecified atom stereocenters. The number of nitrogens with zero attached hydrogens (tertiary/aromatic N) is 3. The molecule has 23 heavy (non-hydrogen) atoms. The van der Waals surface area contributed by atoms with E-state index in [1.165, 1.54) is 6.33 Å². The van der Waals surface area contributed by atoms with Crippen molar-refractivity contribution in [2.75, 3.05) is 6.61 Å². The predicted octanol–water partition coefficient (Wildman–Crippen LogP) is 3.02. The van der Waals surface area contributed by atoms with Crippen molar-refractivity contribution in [3.63, 3.8) is 0 Å². The molecule has 3 aromatic rings. The van der Waals surface area contributed by atoms with Crippen molar-refractivity contribution >= 4 is 34.7 Å². The van der Waals surface area contributed by atoms with E-state index in [1.54, 1.807) is 47.4 Å². The zero-order chi connectivity index (χ0) is 16.2. The predicted molar refractivity (Wildman–Crippen MR) is 85.3 cm³/mol. The first-order valence-corrected chi connectivity index (χ1v) is 7.73. The monoisotopic (exact) mass is 347 g/mol. The highest BCUT2D eigenvalue weighted by atomic mass is 35.5. The second kappa shape index (κ2) is 6.72. The summed E-state index contributed by atoms with van der Waals surface area (Å²) in [5.41, 5.74) is 1.12. The van der Waals surface area contributed by atoms with E-state index in [0.29, 0.717) is 14.8 Å². The van der Waals surface area contributed by atoms with Crippen molar-refractivity contribution in [3.8, 4) is 5.69 Å². The van der Waals surface area contributed by atoms with Crippen molar-refractivity contribution in [1.29, 1.82) is 0 Å². The molecule has 0 amide bonds. The normalized spacial score (nSPS) is 10.5. The van der Waals surface area contributed by atoms with Crippen molar-refractivity contribution in [2.24, 2.45) is 0 Å². The van der Waals surface area contributed by atoms with Gasteiger partial charge in [0.1, 0.15) is 12.7 Å². The largest absolute Gasteiger partial charge is 0.454 e. The molecule has 0 atom stereocenters. The van der Waals surface area contributed by atoms with E-state index in [4.69, 9.17) is 16.3 Å². The number of carbonyl (C=O) groups excluding carboxylic acids is 2. The molecule has 0 saturated carbocycles. The average Bonchev–Trinajstić information content (AvgIpc) is 3.24. The van der Waals surface area contributed by atoms with Gasteiger partial charge < -0.3 is 4.74 Å². The topological polar surface area (TPSA) is 74.1 Å². The maximum Gasteiger partial charge on any atom is 0.338 e. The quantitative estimate of drug-likeness (QED) is 0.524. The summed E-state index contributed by atoms with van der Waals surface area (Å²) < 4.78 is 7.11. The first-order valence-electron chi connectivity index (χ1n) is 6.54. The molecule has 0 aliphatic heterocycles. The highest BCUT2D eigenvalue weighted by Crippen LogP contribution is 2.21. The lowest BCUT2D eigenvalue weighted by Crippen LogP contribution is -2.13. The van der Waals surface area contributed by atoms with E-state index in [9.17, 15) is 9.59 Å². The number of ketones is 1. The van der Waals surface area contributed by atoms with Crippen molar-refractivity contribution in [2.45, 2.75) is 0 Å². The molecule has 0 bridgehead atoms. The van der Waals surface area contributed by atoms with E-state index < -0.39 is 5.97 Å². The summed E-state index contributed by atoms with van der Waals surface area (Å²) in [6.07, 6.45) is 2.97. The highest BCUT2D eigenvalue weighted by Gasteiger charge is 2.13. The molecule has 1 aromatic carbocycles. The summed E-state index contributed by atoms with van der Waals surface area (Å²) >= 11 is 6.92. The number of halogens is 1. The van der Waals surface area contributed by atoms with Gasteiger partial charge in [0, 0.05) is 0 Å². The van der Waals surface area contributed by atoms with Crippen LogP contribution in [0.1, 0.15) is 20.0 Å². The minimum absolute atomic E-state index is 0.283. The number of carbonyl (C=O) groups is 2. The molecule has 0 aliphatic rings. The first kappa shape index (κ1) is 15.4. The molecule has 8 heteroatoms. The summed E-state index contributed by atoms with van der Waals surface area (Å²) in [5.74, 6) is -0.847.